The van der Waals surface area contributed by atoms with Crippen molar-refractivity contribution in [2.45, 2.75) is 35.5 Å². The standard InChI is InChI=1S/C74H16/c1-3-7-13(8-4-1)11-73-67-59-50-43-30-23-17-18-20-16-15-19(17)28(30)34-32-21(15)25-22(16)33-35-29(20)31-24(18)27-26(23)37-45-38(27)47-44(31)51-49(35)53-40(33)42-36(25)41-39(32)52(48(34)50)63(67)65-54(41)55(42)66-64(53)68-60(51)57(47)62-58(45)61(56(59)46(37)43)69(73)70(62)74(68,72(66)71(65)73)12-14-9-5-2-6-10-14/h1-10,45,56H,11-12H2/t45?,56?,73-,74+/m1/s1. The minimum atomic E-state index is -0.303. The van der Waals surface area contributed by atoms with Crippen molar-refractivity contribution in [3.63, 3.8) is 0 Å². The molecule has 10 aliphatic carbocycles. The topological polar surface area (TPSA) is 0 Å². The molecule has 0 N–H and O–H groups in total. The molecule has 0 saturated heterocycles. The Morgan fingerprint density at radius 2 is 0.568 bits per heavy atom. The van der Waals surface area contributed by atoms with E-state index < -0.39 is 0 Å². The molecule has 0 spiro atoms. The number of hydrogen-bond acceptors (Lipinski definition) is 0. The fourth-order valence-electron chi connectivity index (χ4n) is 26.5. The Hall–Kier alpha value is -8.84. The lowest BCUT2D eigenvalue weighted by Gasteiger charge is -2.52. The normalized spacial score (nSPS) is 24.8. The molecule has 0 heteroatoms. The summed E-state index contributed by atoms with van der Waals surface area (Å²) in [6.07, 6.45) is 2.05. The van der Waals surface area contributed by atoms with Crippen LogP contribution >= 0.6 is 0 Å². The molecule has 0 amide bonds. The van der Waals surface area contributed by atoms with Crippen molar-refractivity contribution < 1.29 is 0 Å². The van der Waals surface area contributed by atoms with Gasteiger partial charge in [0.2, 0.25) is 0 Å². The fourth-order valence-corrected chi connectivity index (χ4v) is 26.5. The third-order valence-electron chi connectivity index (χ3n) is 26.7. The van der Waals surface area contributed by atoms with Gasteiger partial charge >= 0.3 is 0 Å². The second-order valence-electron chi connectivity index (χ2n) is 27.2. The maximum atomic E-state index is 2.53. The van der Waals surface area contributed by atoms with Crippen LogP contribution in [0.15, 0.2) is 83.0 Å². The van der Waals surface area contributed by atoms with Crippen LogP contribution in [0.5, 0.6) is 0 Å². The van der Waals surface area contributed by atoms with E-state index >= 15 is 0 Å². The van der Waals surface area contributed by atoms with E-state index in [1.165, 1.54) is 11.1 Å². The summed E-state index contributed by atoms with van der Waals surface area (Å²) in [5, 5.41) is 72.5. The van der Waals surface area contributed by atoms with Crippen LogP contribution in [0.3, 0.4) is 0 Å². The largest absolute Gasteiger partial charge is 0.0622 e. The van der Waals surface area contributed by atoms with E-state index in [0.29, 0.717) is 0 Å². The molecular weight excluding hydrogens is 889 g/mol. The Morgan fingerprint density at radius 1 is 0.243 bits per heavy atom. The molecule has 10 aliphatic rings. The summed E-state index contributed by atoms with van der Waals surface area (Å²) in [5.41, 5.74) is 25.6. The van der Waals surface area contributed by atoms with Crippen molar-refractivity contribution in [3.8, 4) is 0 Å². The van der Waals surface area contributed by atoms with Crippen molar-refractivity contribution in [2.75, 3.05) is 0 Å². The summed E-state index contributed by atoms with van der Waals surface area (Å²) in [4.78, 5) is 0. The molecule has 0 radical (unpaired) electrons. The summed E-state index contributed by atoms with van der Waals surface area (Å²) in [5.74, 6) is 0.566. The fraction of sp³-hybridized carbons (Fsp3) is 0.0811. The summed E-state index contributed by atoms with van der Waals surface area (Å²) >= 11 is 0. The van der Waals surface area contributed by atoms with E-state index in [9.17, 15) is 0 Å². The van der Waals surface area contributed by atoms with Crippen molar-refractivity contribution in [1.82, 2.24) is 0 Å². The summed E-state index contributed by atoms with van der Waals surface area (Å²) in [6.45, 7) is 0. The van der Waals surface area contributed by atoms with Gasteiger partial charge in [-0.15, -0.1) is 0 Å². The first kappa shape index (κ1) is 28.4. The SMILES string of the molecule is c1ccc(C[C@]23C4=C5C6=c7c8c9c%10c%11c%12c%13c%14c%15c(c2c2c%16c3c3c%17c%18c(c7c7c8c8c%10c%10c%19c%11c%14c%11c%14c%15c2c2c%15c%16c%17c%16c%17c%18c7c7c8c%10c8c(c%11%19)c(c%142)c(c%15%16)c8c%177)[C@@]53Cc2ccccc2)C%13C4=C6C%129)cc1. The van der Waals surface area contributed by atoms with Gasteiger partial charge in [0.25, 0.3) is 0 Å². The predicted molar refractivity (Wildman–Crippen MR) is 305 cm³/mol. The average molecular weight is 905 g/mol. The molecular formula is C74H16. The molecule has 74 heavy (non-hydrogen) atoms. The third kappa shape index (κ3) is 1.61. The number of rotatable bonds is 4. The summed E-state index contributed by atoms with van der Waals surface area (Å²) in [6, 6.07) is 24.1. The van der Waals surface area contributed by atoms with Crippen molar-refractivity contribution >= 4 is 232 Å². The smallest absolute Gasteiger partial charge is 0.0523 e. The van der Waals surface area contributed by atoms with Crippen LogP contribution in [0, 0.1) is 0 Å². The second kappa shape index (κ2) is 6.72. The highest BCUT2D eigenvalue weighted by molar-refractivity contribution is 6.77. The highest BCUT2D eigenvalue weighted by atomic mass is 14.7. The van der Waals surface area contributed by atoms with Crippen LogP contribution in [-0.4, -0.2) is 0 Å². The lowest BCUT2D eigenvalue weighted by molar-refractivity contribution is 0.513. The molecule has 0 fully saturated rings. The van der Waals surface area contributed by atoms with E-state index in [0.717, 1.165) is 12.8 Å². The average Bonchev–Trinajstić information content (AvgIpc) is 3.67. The molecule has 0 heterocycles. The molecule has 312 valence electrons. The first-order chi connectivity index (χ1) is 36.9. The quantitative estimate of drug-likeness (QED) is 0.154. The Kier molecular flexibility index (Phi) is 2.58. The Labute approximate surface area is 408 Å². The predicted octanol–water partition coefficient (Wildman–Crippen LogP) is 17.3. The van der Waals surface area contributed by atoms with Crippen LogP contribution in [-0.2, 0) is 23.7 Å². The molecule has 24 aromatic carbocycles. The highest BCUT2D eigenvalue weighted by Crippen LogP contribution is 2.87. The molecule has 24 aromatic rings. The van der Waals surface area contributed by atoms with Gasteiger partial charge in [0.1, 0.15) is 0 Å². The Bertz CT molecular complexity index is 7440. The zero-order valence-electron chi connectivity index (χ0n) is 38.3. The van der Waals surface area contributed by atoms with Gasteiger partial charge in [0, 0.05) is 11.8 Å². The number of allylic oxidation sites excluding steroid dienone is 4. The molecule has 0 saturated carbocycles. The van der Waals surface area contributed by atoms with Gasteiger partial charge in [-0.25, -0.2) is 0 Å². The first-order valence-electron chi connectivity index (χ1n) is 28.0. The van der Waals surface area contributed by atoms with Gasteiger partial charge in [-0.1, -0.05) is 60.7 Å². The zero-order valence-corrected chi connectivity index (χ0v) is 38.3. The number of benzene rings is 17. The molecule has 2 unspecified atom stereocenters. The molecule has 0 aromatic heterocycles. The Balaban J connectivity index is 1.11. The van der Waals surface area contributed by atoms with Crippen LogP contribution in [0.25, 0.3) is 232 Å². The molecule has 4 atom stereocenters. The van der Waals surface area contributed by atoms with Gasteiger partial charge in [-0.05, 0) is 328 Å². The van der Waals surface area contributed by atoms with Crippen LogP contribution in [0.2, 0.25) is 0 Å². The van der Waals surface area contributed by atoms with Gasteiger partial charge < -0.3 is 0 Å². The van der Waals surface area contributed by atoms with Crippen molar-refractivity contribution in [1.29, 1.82) is 0 Å². The summed E-state index contributed by atoms with van der Waals surface area (Å²) in [7, 11) is 0. The van der Waals surface area contributed by atoms with E-state index in [2.05, 4.69) is 60.7 Å². The van der Waals surface area contributed by atoms with E-state index in [-0.39, 0.29) is 22.7 Å². The highest BCUT2D eigenvalue weighted by Gasteiger charge is 2.72. The second-order valence-corrected chi connectivity index (χ2v) is 27.2. The lowest BCUT2D eigenvalue weighted by atomic mass is 9.49. The number of hydrogen-bond donors (Lipinski definition) is 0. The lowest BCUT2D eigenvalue weighted by Crippen LogP contribution is -2.48. The Morgan fingerprint density at radius 3 is 1.03 bits per heavy atom. The molecule has 34 rings (SSSR count). The molecule has 0 nitrogen and oxygen atoms in total. The van der Waals surface area contributed by atoms with Crippen molar-refractivity contribution in [3.05, 3.63) is 144 Å². The van der Waals surface area contributed by atoms with E-state index in [1.807, 2.05) is 11.1 Å². The van der Waals surface area contributed by atoms with Crippen molar-refractivity contribution in [2.24, 2.45) is 0 Å². The van der Waals surface area contributed by atoms with Crippen LogP contribution in [0.4, 0.5) is 0 Å². The molecule has 0 bridgehead atoms. The monoisotopic (exact) mass is 904 g/mol. The maximum absolute atomic E-state index is 2.53. The zero-order chi connectivity index (χ0) is 44.1. The van der Waals surface area contributed by atoms with Gasteiger partial charge in [0.15, 0.2) is 0 Å². The minimum absolute atomic E-state index is 0.279. The van der Waals surface area contributed by atoms with Gasteiger partial charge in [-0.3, -0.25) is 0 Å². The van der Waals surface area contributed by atoms with Gasteiger partial charge in [-0.2, -0.15) is 0 Å². The molecule has 0 aliphatic heterocycles. The van der Waals surface area contributed by atoms with Crippen LogP contribution in [0.1, 0.15) is 67.5 Å². The van der Waals surface area contributed by atoms with E-state index in [1.54, 1.807) is 293 Å². The first-order valence-corrected chi connectivity index (χ1v) is 28.0. The summed E-state index contributed by atoms with van der Waals surface area (Å²) < 4.78 is 0. The van der Waals surface area contributed by atoms with Gasteiger partial charge in [0.05, 0.1) is 10.8 Å². The van der Waals surface area contributed by atoms with E-state index in [4.69, 9.17) is 0 Å². The minimum Gasteiger partial charge on any atom is -0.0622 e. The van der Waals surface area contributed by atoms with Crippen LogP contribution < -0.4 is 5.22 Å². The third-order valence-corrected chi connectivity index (χ3v) is 26.7. The maximum Gasteiger partial charge on any atom is 0.0523 e.